The summed E-state index contributed by atoms with van der Waals surface area (Å²) in [6.07, 6.45) is -5.21. The van der Waals surface area contributed by atoms with Crippen LogP contribution in [0.4, 0.5) is 17.6 Å². The zero-order valence-corrected chi connectivity index (χ0v) is 22.0. The van der Waals surface area contributed by atoms with Crippen LogP contribution < -0.4 is 10.2 Å². The second kappa shape index (κ2) is 8.67. The number of halogens is 4. The summed E-state index contributed by atoms with van der Waals surface area (Å²) in [6.45, 7) is 13.8. The van der Waals surface area contributed by atoms with Gasteiger partial charge in [-0.1, -0.05) is 20.8 Å². The number of pyridine rings is 1. The predicted molar refractivity (Wildman–Crippen MR) is 123 cm³/mol. The molecule has 33 heavy (non-hydrogen) atoms. The Bertz CT molecular complexity index is 911. The van der Waals surface area contributed by atoms with Crippen molar-refractivity contribution in [2.24, 2.45) is 0 Å². The van der Waals surface area contributed by atoms with Gasteiger partial charge < -0.3 is 14.5 Å². The van der Waals surface area contributed by atoms with Gasteiger partial charge in [-0.2, -0.15) is 13.2 Å². The third-order valence-corrected chi connectivity index (χ3v) is 12.6. The summed E-state index contributed by atoms with van der Waals surface area (Å²) < 4.78 is 78.8. The fraction of sp³-hybridized carbons (Fsp3) is 0.750. The van der Waals surface area contributed by atoms with Gasteiger partial charge in [0.1, 0.15) is 5.82 Å². The van der Waals surface area contributed by atoms with E-state index >= 15 is 4.39 Å². The Morgan fingerprint density at radius 1 is 1.15 bits per heavy atom. The number of rotatable bonds is 6. The lowest BCUT2D eigenvalue weighted by atomic mass is 9.63. The van der Waals surface area contributed by atoms with Crippen molar-refractivity contribution in [1.29, 1.82) is 0 Å². The average Bonchev–Trinajstić information content (AvgIpc) is 2.56. The molecule has 0 unspecified atom stereocenters. The van der Waals surface area contributed by atoms with Crippen LogP contribution in [0.25, 0.3) is 0 Å². The van der Waals surface area contributed by atoms with Gasteiger partial charge in [-0.15, -0.1) is 0 Å². The Hall–Kier alpha value is -0.858. The molecule has 0 aliphatic heterocycles. The van der Waals surface area contributed by atoms with Crippen molar-refractivity contribution < 1.29 is 36.2 Å². The van der Waals surface area contributed by atoms with Crippen LogP contribution in [0.3, 0.4) is 0 Å². The van der Waals surface area contributed by atoms with Crippen molar-refractivity contribution in [3.8, 4) is 0 Å². The van der Waals surface area contributed by atoms with Gasteiger partial charge in [0.2, 0.25) is 0 Å². The maximum absolute atomic E-state index is 15.0. The molecule has 0 radical (unpaired) electrons. The minimum atomic E-state index is -4.76. The highest BCUT2D eigenvalue weighted by Crippen LogP contribution is 2.60. The van der Waals surface area contributed by atoms with Gasteiger partial charge in [0.15, 0.2) is 13.9 Å². The first-order valence-corrected chi connectivity index (χ1v) is 14.6. The zero-order valence-electron chi connectivity index (χ0n) is 20.2. The van der Waals surface area contributed by atoms with Crippen molar-refractivity contribution in [2.75, 3.05) is 0 Å². The van der Waals surface area contributed by atoms with Gasteiger partial charge >= 0.3 is 13.3 Å². The number of nitrogens with zero attached hydrogens (tertiary/aromatic N) is 1. The van der Waals surface area contributed by atoms with Gasteiger partial charge in [-0.3, -0.25) is 4.98 Å². The van der Waals surface area contributed by atoms with Gasteiger partial charge in [-0.05, 0) is 45.0 Å². The third kappa shape index (κ3) is 5.53. The van der Waals surface area contributed by atoms with E-state index in [1.54, 1.807) is 33.9 Å². The van der Waals surface area contributed by atoms with Crippen molar-refractivity contribution >= 4 is 31.9 Å². The topological polar surface area (TPSA) is 91.7 Å². The van der Waals surface area contributed by atoms with E-state index in [4.69, 9.17) is 4.43 Å². The summed E-state index contributed by atoms with van der Waals surface area (Å²) in [5, 5.41) is 18.1. The molecule has 0 bridgehead atoms. The van der Waals surface area contributed by atoms with Crippen LogP contribution in [0.15, 0.2) is 12.3 Å². The van der Waals surface area contributed by atoms with Crippen LogP contribution in [0, 0.1) is 5.82 Å². The average molecular weight is 512 g/mol. The molecule has 0 saturated heterocycles. The van der Waals surface area contributed by atoms with E-state index in [0.29, 0.717) is 0 Å². The largest absolute Gasteiger partial charge is 0.490 e. The molecule has 1 fully saturated rings. The molecular formula is C20H33BF4N2O4SSi. The number of hydrogen-bond acceptors (Lipinski definition) is 5. The maximum atomic E-state index is 15.0. The van der Waals surface area contributed by atoms with Crippen LogP contribution in [0.5, 0.6) is 0 Å². The molecule has 6 nitrogen and oxygen atoms in total. The fourth-order valence-corrected chi connectivity index (χ4v) is 5.90. The lowest BCUT2D eigenvalue weighted by molar-refractivity contribution is -0.298. The second-order valence-electron chi connectivity index (χ2n) is 11.2. The normalized spacial score (nSPS) is 25.5. The molecule has 1 saturated carbocycles. The minimum Gasteiger partial charge on any atom is -0.423 e. The van der Waals surface area contributed by atoms with E-state index in [9.17, 15) is 27.4 Å². The van der Waals surface area contributed by atoms with E-state index in [1.807, 2.05) is 20.8 Å². The van der Waals surface area contributed by atoms with Crippen molar-refractivity contribution in [1.82, 2.24) is 9.71 Å². The molecule has 1 aliphatic rings. The fourth-order valence-electron chi connectivity index (χ4n) is 3.46. The van der Waals surface area contributed by atoms with Crippen LogP contribution in [0.2, 0.25) is 18.1 Å². The molecule has 0 aromatic carbocycles. The third-order valence-electron chi connectivity index (χ3n) is 6.41. The second-order valence-corrected chi connectivity index (χ2v) is 17.9. The van der Waals surface area contributed by atoms with E-state index in [2.05, 4.69) is 9.71 Å². The highest BCUT2D eigenvalue weighted by atomic mass is 32.2. The summed E-state index contributed by atoms with van der Waals surface area (Å²) in [5.74, 6) is -1.03. The number of nitrogens with one attached hydrogen (secondary N) is 1. The zero-order chi connectivity index (χ0) is 25.8. The Morgan fingerprint density at radius 3 is 2.03 bits per heavy atom. The summed E-state index contributed by atoms with van der Waals surface area (Å²) in [6, 6.07) is 0.804. The number of aromatic nitrogens is 1. The molecule has 1 atom stereocenters. The minimum absolute atomic E-state index is 0.248. The molecule has 2 rings (SSSR count). The standard InChI is InChI=1S/C20H33BF4N2O4SSi/c1-16(2,3)32(30)27-18(15-14(22)9-13(10-26-15)21(28)29)11-19(12-18,20(23,24)25)31-33(7,8)17(4,5)6/h9-10,27-29H,11-12H2,1-8H3/t18?,19?,32-/m1/s1. The molecule has 188 valence electrons. The summed E-state index contributed by atoms with van der Waals surface area (Å²) in [5.41, 5.74) is -4.90. The van der Waals surface area contributed by atoms with Crippen molar-refractivity contribution in [3.05, 3.63) is 23.8 Å². The first-order chi connectivity index (χ1) is 14.6. The van der Waals surface area contributed by atoms with Crippen LogP contribution in [-0.2, 0) is 21.0 Å². The van der Waals surface area contributed by atoms with Crippen molar-refractivity contribution in [2.45, 2.75) is 94.6 Å². The number of alkyl halides is 3. The van der Waals surface area contributed by atoms with Crippen LogP contribution in [0.1, 0.15) is 60.1 Å². The summed E-state index contributed by atoms with van der Waals surface area (Å²) in [7, 11) is -6.74. The molecule has 3 N–H and O–H groups in total. The Morgan fingerprint density at radius 2 is 1.67 bits per heavy atom. The lowest BCUT2D eigenvalue weighted by Gasteiger charge is -2.59. The van der Waals surface area contributed by atoms with Gasteiger partial charge in [-0.25, -0.2) is 13.3 Å². The molecule has 1 aliphatic carbocycles. The first kappa shape index (κ1) is 28.4. The van der Waals surface area contributed by atoms with Gasteiger partial charge in [0.05, 0.1) is 27.0 Å². The maximum Gasteiger partial charge on any atom is 0.490 e. The Kier molecular flexibility index (Phi) is 7.45. The van der Waals surface area contributed by atoms with Gasteiger partial charge in [0, 0.05) is 24.5 Å². The Balaban J connectivity index is 2.59. The van der Waals surface area contributed by atoms with Crippen LogP contribution >= 0.6 is 0 Å². The van der Waals surface area contributed by atoms with E-state index in [0.717, 1.165) is 12.3 Å². The molecule has 13 heteroatoms. The quantitative estimate of drug-likeness (QED) is 0.402. The SMILES string of the molecule is CC(C)(C)[S@@](=O)NC1(c2ncc(B(O)O)cc2F)CC(O[Si](C)(C)C(C)(C)C)(C(F)(F)F)C1. The van der Waals surface area contributed by atoms with Gasteiger partial charge in [0.25, 0.3) is 0 Å². The number of hydrogen-bond donors (Lipinski definition) is 3. The molecule has 1 aromatic rings. The lowest BCUT2D eigenvalue weighted by Crippen LogP contribution is -2.72. The van der Waals surface area contributed by atoms with Crippen molar-refractivity contribution in [3.63, 3.8) is 0 Å². The highest BCUT2D eigenvalue weighted by molar-refractivity contribution is 7.84. The first-order valence-electron chi connectivity index (χ1n) is 10.6. The summed E-state index contributed by atoms with van der Waals surface area (Å²) in [4.78, 5) is 3.92. The van der Waals surface area contributed by atoms with E-state index in [-0.39, 0.29) is 11.2 Å². The Labute approximate surface area is 196 Å². The summed E-state index contributed by atoms with van der Waals surface area (Å²) >= 11 is 0. The monoisotopic (exact) mass is 512 g/mol. The molecule has 1 heterocycles. The molecular weight excluding hydrogens is 479 g/mol. The molecule has 0 spiro atoms. The molecule has 1 aromatic heterocycles. The highest BCUT2D eigenvalue weighted by Gasteiger charge is 2.72. The van der Waals surface area contributed by atoms with Crippen LogP contribution in [-0.4, -0.2) is 51.2 Å². The van der Waals surface area contributed by atoms with E-state index in [1.165, 1.54) is 0 Å². The predicted octanol–water partition coefficient (Wildman–Crippen LogP) is 3.26. The molecule has 0 amide bonds. The van der Waals surface area contributed by atoms with E-state index < -0.39 is 72.2 Å². The smallest absolute Gasteiger partial charge is 0.423 e.